The van der Waals surface area contributed by atoms with Crippen molar-refractivity contribution in [2.24, 2.45) is 5.92 Å². The van der Waals surface area contributed by atoms with Crippen LogP contribution in [0, 0.1) is 5.92 Å². The first-order chi connectivity index (χ1) is 13.8. The molecule has 164 valence electrons. The molecular weight excluding hydrogens is 425 g/mol. The topological polar surface area (TPSA) is 59.0 Å². The molecule has 5 nitrogen and oxygen atoms in total. The Kier molecular flexibility index (Phi) is 8.56. The van der Waals surface area contributed by atoms with Gasteiger partial charge in [-0.05, 0) is 63.2 Å². The van der Waals surface area contributed by atoms with Crippen molar-refractivity contribution in [2.75, 3.05) is 27.7 Å². The second-order valence-electron chi connectivity index (χ2n) is 7.90. The van der Waals surface area contributed by atoms with Crippen LogP contribution in [0.25, 0.3) is 0 Å². The molecule has 2 aromatic rings. The van der Waals surface area contributed by atoms with E-state index in [-0.39, 0.29) is 24.4 Å². The summed E-state index contributed by atoms with van der Waals surface area (Å²) in [5.74, 6) is 0.199. The lowest BCUT2D eigenvalue weighted by atomic mass is 9.70. The summed E-state index contributed by atoms with van der Waals surface area (Å²) in [6, 6.07) is 14.5. The predicted molar refractivity (Wildman–Crippen MR) is 121 cm³/mol. The van der Waals surface area contributed by atoms with Gasteiger partial charge in [0, 0.05) is 12.5 Å². The van der Waals surface area contributed by atoms with Gasteiger partial charge in [-0.15, -0.1) is 12.4 Å². The van der Waals surface area contributed by atoms with Crippen molar-refractivity contribution in [1.82, 2.24) is 4.90 Å². The van der Waals surface area contributed by atoms with Gasteiger partial charge < -0.3 is 19.5 Å². The van der Waals surface area contributed by atoms with Crippen molar-refractivity contribution < 1.29 is 19.4 Å². The van der Waals surface area contributed by atoms with Gasteiger partial charge in [0.2, 0.25) is 0 Å². The van der Waals surface area contributed by atoms with Crippen LogP contribution in [-0.2, 0) is 10.3 Å². The molecule has 0 bridgehead atoms. The second kappa shape index (κ2) is 10.5. The molecule has 0 aliphatic heterocycles. The number of rotatable bonds is 6. The van der Waals surface area contributed by atoms with Gasteiger partial charge in [0.25, 0.3) is 0 Å². The highest BCUT2D eigenvalue weighted by Crippen LogP contribution is 2.44. The molecule has 0 radical (unpaired) electrons. The van der Waals surface area contributed by atoms with Gasteiger partial charge >= 0.3 is 5.97 Å². The first-order valence-electron chi connectivity index (χ1n) is 9.80. The molecule has 0 spiro atoms. The maximum absolute atomic E-state index is 12.6. The zero-order valence-corrected chi connectivity index (χ0v) is 19.1. The molecule has 0 saturated heterocycles. The Hall–Kier alpha value is -1.79. The number of aliphatic hydroxyl groups is 1. The lowest BCUT2D eigenvalue weighted by Gasteiger charge is -2.44. The summed E-state index contributed by atoms with van der Waals surface area (Å²) in [6.45, 7) is 0.674. The normalized spacial score (nSPS) is 23.5. The summed E-state index contributed by atoms with van der Waals surface area (Å²) >= 11 is 6.13. The summed E-state index contributed by atoms with van der Waals surface area (Å²) in [5, 5.41) is 12.0. The Labute approximate surface area is 189 Å². The molecule has 30 heavy (non-hydrogen) atoms. The fraction of sp³-hybridized carbons (Fsp3) is 0.435. The Morgan fingerprint density at radius 3 is 2.63 bits per heavy atom. The van der Waals surface area contributed by atoms with Gasteiger partial charge in [-0.25, -0.2) is 4.79 Å². The standard InChI is InChI=1S/C23H28ClNO4.ClH/c1-25(2)15-17-14-19(29-22(26)20-9-4-5-10-21(20)24)11-12-23(17,27)16-7-6-8-18(13-16)28-3;/h4-10,13,17,19,27H,11-12,14-15H2,1-3H3;1H. The van der Waals surface area contributed by atoms with Crippen LogP contribution in [0.5, 0.6) is 5.75 Å². The maximum atomic E-state index is 12.6. The highest BCUT2D eigenvalue weighted by molar-refractivity contribution is 6.33. The SMILES string of the molecule is COc1cccc(C2(O)CCC(OC(=O)c3ccccc3Cl)CC2CN(C)C)c1.Cl. The quantitative estimate of drug-likeness (QED) is 0.650. The molecule has 7 heteroatoms. The fourth-order valence-corrected chi connectivity index (χ4v) is 4.32. The van der Waals surface area contributed by atoms with E-state index >= 15 is 0 Å². The molecule has 1 saturated carbocycles. The Morgan fingerprint density at radius 2 is 1.97 bits per heavy atom. The number of carbonyl (C=O) groups is 1. The number of esters is 1. The van der Waals surface area contributed by atoms with Crippen LogP contribution in [0.2, 0.25) is 5.02 Å². The first-order valence-corrected chi connectivity index (χ1v) is 10.2. The number of hydrogen-bond donors (Lipinski definition) is 1. The minimum atomic E-state index is -1.01. The molecule has 1 N–H and O–H groups in total. The van der Waals surface area contributed by atoms with E-state index in [1.165, 1.54) is 0 Å². The minimum Gasteiger partial charge on any atom is -0.497 e. The molecule has 0 heterocycles. The van der Waals surface area contributed by atoms with Crippen LogP contribution in [0.1, 0.15) is 35.2 Å². The van der Waals surface area contributed by atoms with E-state index in [2.05, 4.69) is 0 Å². The number of carbonyl (C=O) groups excluding carboxylic acids is 1. The summed E-state index contributed by atoms with van der Waals surface area (Å²) in [5.41, 5.74) is 0.193. The molecule has 0 aromatic heterocycles. The lowest BCUT2D eigenvalue weighted by Crippen LogP contribution is -2.47. The molecule has 3 atom stereocenters. The molecule has 1 aliphatic rings. The second-order valence-corrected chi connectivity index (χ2v) is 8.30. The van der Waals surface area contributed by atoms with Crippen LogP contribution in [0.15, 0.2) is 48.5 Å². The van der Waals surface area contributed by atoms with Crippen molar-refractivity contribution in [3.05, 3.63) is 64.7 Å². The molecular formula is C23H29Cl2NO4. The van der Waals surface area contributed by atoms with E-state index in [1.807, 2.05) is 43.3 Å². The largest absolute Gasteiger partial charge is 0.497 e. The predicted octanol–water partition coefficient (Wildman–Crippen LogP) is 4.55. The van der Waals surface area contributed by atoms with E-state index in [9.17, 15) is 9.90 Å². The summed E-state index contributed by atoms with van der Waals surface area (Å²) < 4.78 is 11.1. The van der Waals surface area contributed by atoms with Crippen molar-refractivity contribution in [3.63, 3.8) is 0 Å². The average Bonchev–Trinajstić information content (AvgIpc) is 2.70. The van der Waals surface area contributed by atoms with Crippen molar-refractivity contribution >= 4 is 30.0 Å². The third-order valence-corrected chi connectivity index (χ3v) is 5.92. The fourth-order valence-electron chi connectivity index (χ4n) is 4.10. The molecule has 1 fully saturated rings. The summed E-state index contributed by atoms with van der Waals surface area (Å²) in [6.07, 6.45) is 1.38. The van der Waals surface area contributed by atoms with Crippen LogP contribution in [0.3, 0.4) is 0 Å². The number of methoxy groups -OCH3 is 1. The van der Waals surface area contributed by atoms with E-state index in [1.54, 1.807) is 31.4 Å². The van der Waals surface area contributed by atoms with Crippen LogP contribution < -0.4 is 4.74 Å². The monoisotopic (exact) mass is 453 g/mol. The Morgan fingerprint density at radius 1 is 1.23 bits per heavy atom. The third kappa shape index (κ3) is 5.46. The van der Waals surface area contributed by atoms with E-state index < -0.39 is 11.6 Å². The van der Waals surface area contributed by atoms with Crippen LogP contribution in [-0.4, -0.2) is 49.8 Å². The van der Waals surface area contributed by atoms with Crippen LogP contribution in [0.4, 0.5) is 0 Å². The average molecular weight is 454 g/mol. The van der Waals surface area contributed by atoms with E-state index in [0.29, 0.717) is 42.1 Å². The number of hydrogen-bond acceptors (Lipinski definition) is 5. The van der Waals surface area contributed by atoms with Crippen LogP contribution >= 0.6 is 24.0 Å². The zero-order chi connectivity index (χ0) is 21.0. The maximum Gasteiger partial charge on any atom is 0.339 e. The van der Waals surface area contributed by atoms with Gasteiger partial charge in [0.05, 0.1) is 23.3 Å². The van der Waals surface area contributed by atoms with Gasteiger partial charge in [-0.2, -0.15) is 0 Å². The number of benzene rings is 2. The number of nitrogens with zero attached hydrogens (tertiary/aromatic N) is 1. The van der Waals surface area contributed by atoms with Crippen molar-refractivity contribution in [3.8, 4) is 5.75 Å². The molecule has 3 rings (SSSR count). The third-order valence-electron chi connectivity index (χ3n) is 5.59. The number of ether oxygens (including phenoxy) is 2. The highest BCUT2D eigenvalue weighted by atomic mass is 35.5. The van der Waals surface area contributed by atoms with E-state index in [0.717, 1.165) is 5.56 Å². The van der Waals surface area contributed by atoms with Gasteiger partial charge in [0.1, 0.15) is 11.9 Å². The molecule has 0 amide bonds. The van der Waals surface area contributed by atoms with Gasteiger partial charge in [-0.3, -0.25) is 0 Å². The van der Waals surface area contributed by atoms with Gasteiger partial charge in [0.15, 0.2) is 0 Å². The Balaban J connectivity index is 0.00000320. The molecule has 2 aromatic carbocycles. The number of halogens is 2. The lowest BCUT2D eigenvalue weighted by molar-refractivity contribution is -0.0960. The Bertz CT molecular complexity index is 861. The smallest absolute Gasteiger partial charge is 0.339 e. The minimum absolute atomic E-state index is 0. The van der Waals surface area contributed by atoms with Crippen molar-refractivity contribution in [1.29, 1.82) is 0 Å². The zero-order valence-electron chi connectivity index (χ0n) is 17.5. The van der Waals surface area contributed by atoms with Crippen molar-refractivity contribution in [2.45, 2.75) is 31.0 Å². The summed E-state index contributed by atoms with van der Waals surface area (Å²) in [4.78, 5) is 14.6. The highest BCUT2D eigenvalue weighted by Gasteiger charge is 2.44. The molecule has 3 unspecified atom stereocenters. The van der Waals surface area contributed by atoms with E-state index in [4.69, 9.17) is 21.1 Å². The molecule has 1 aliphatic carbocycles. The van der Waals surface area contributed by atoms with Gasteiger partial charge in [-0.1, -0.05) is 35.9 Å². The first kappa shape index (κ1) is 24.5. The summed E-state index contributed by atoms with van der Waals surface area (Å²) in [7, 11) is 5.57.